The van der Waals surface area contributed by atoms with E-state index in [1.165, 1.54) is 0 Å². The largest absolute Gasteiger partial charge is 0.347 e. The van der Waals surface area contributed by atoms with Gasteiger partial charge in [-0.1, -0.05) is 0 Å². The predicted octanol–water partition coefficient (Wildman–Crippen LogP) is -0.0674. The van der Waals surface area contributed by atoms with E-state index in [1.54, 1.807) is 7.11 Å². The summed E-state index contributed by atoms with van der Waals surface area (Å²) in [6.45, 7) is 0.901. The van der Waals surface area contributed by atoms with E-state index in [-0.39, 0.29) is 6.35 Å². The van der Waals surface area contributed by atoms with E-state index in [1.807, 2.05) is 18.2 Å². The first-order valence-corrected chi connectivity index (χ1v) is 2.59. The molecule has 0 aromatic rings. The Kier molecular flexibility index (Phi) is 1.60. The summed E-state index contributed by atoms with van der Waals surface area (Å²) < 4.78 is 4.95. The zero-order valence-electron chi connectivity index (χ0n) is 5.16. The molecule has 3 heteroatoms. The summed E-state index contributed by atoms with van der Waals surface area (Å²) in [6, 6.07) is 0. The molecule has 0 fully saturated rings. The monoisotopic (exact) mass is 114 g/mol. The molecule has 0 aliphatic carbocycles. The maximum atomic E-state index is 4.95. The number of ether oxygens (including phenoxy) is 1. The SMILES string of the molecule is COC1N=CCN1C. The minimum Gasteiger partial charge on any atom is -0.347 e. The summed E-state index contributed by atoms with van der Waals surface area (Å²) >= 11 is 0. The molecular formula is C5H10N2O. The predicted molar refractivity (Wildman–Crippen MR) is 31.9 cm³/mol. The topological polar surface area (TPSA) is 24.8 Å². The molecule has 0 saturated carbocycles. The average molecular weight is 114 g/mol. The van der Waals surface area contributed by atoms with Crippen molar-refractivity contribution >= 4 is 6.21 Å². The van der Waals surface area contributed by atoms with Crippen LogP contribution in [0.3, 0.4) is 0 Å². The Hall–Kier alpha value is -0.410. The van der Waals surface area contributed by atoms with Gasteiger partial charge in [-0.05, 0) is 7.05 Å². The number of methoxy groups -OCH3 is 1. The highest BCUT2D eigenvalue weighted by Crippen LogP contribution is 2.01. The molecule has 0 saturated heterocycles. The first-order chi connectivity index (χ1) is 3.84. The molecule has 1 aliphatic rings. The zero-order chi connectivity index (χ0) is 5.98. The molecule has 46 valence electrons. The van der Waals surface area contributed by atoms with E-state index < -0.39 is 0 Å². The molecule has 0 N–H and O–H groups in total. The van der Waals surface area contributed by atoms with Crippen LogP contribution in [0, 0.1) is 0 Å². The number of nitrogens with zero attached hydrogens (tertiary/aromatic N) is 2. The van der Waals surface area contributed by atoms with Crippen LogP contribution in [0.1, 0.15) is 0 Å². The second-order valence-corrected chi connectivity index (χ2v) is 1.83. The summed E-state index contributed by atoms with van der Waals surface area (Å²) in [5.41, 5.74) is 0. The van der Waals surface area contributed by atoms with Crippen LogP contribution in [0.5, 0.6) is 0 Å². The zero-order valence-corrected chi connectivity index (χ0v) is 5.16. The van der Waals surface area contributed by atoms with Gasteiger partial charge in [-0.2, -0.15) is 0 Å². The van der Waals surface area contributed by atoms with Crippen molar-refractivity contribution < 1.29 is 4.74 Å². The van der Waals surface area contributed by atoms with Crippen molar-refractivity contribution in [1.29, 1.82) is 0 Å². The first kappa shape index (κ1) is 5.72. The van der Waals surface area contributed by atoms with Gasteiger partial charge in [-0.25, -0.2) is 0 Å². The summed E-state index contributed by atoms with van der Waals surface area (Å²) in [5, 5.41) is 0. The van der Waals surface area contributed by atoms with Crippen LogP contribution in [-0.2, 0) is 4.74 Å². The third-order valence-electron chi connectivity index (χ3n) is 1.19. The maximum absolute atomic E-state index is 4.95. The van der Waals surface area contributed by atoms with Crippen molar-refractivity contribution in [3.63, 3.8) is 0 Å². The number of rotatable bonds is 1. The third-order valence-corrected chi connectivity index (χ3v) is 1.19. The Morgan fingerprint density at radius 2 is 2.62 bits per heavy atom. The van der Waals surface area contributed by atoms with Gasteiger partial charge in [0.1, 0.15) is 0 Å². The lowest BCUT2D eigenvalue weighted by Gasteiger charge is -2.14. The van der Waals surface area contributed by atoms with Gasteiger partial charge in [0.15, 0.2) is 0 Å². The number of hydrogen-bond donors (Lipinski definition) is 0. The smallest absolute Gasteiger partial charge is 0.206 e. The van der Waals surface area contributed by atoms with E-state index >= 15 is 0 Å². The molecule has 0 bridgehead atoms. The molecule has 1 aliphatic heterocycles. The van der Waals surface area contributed by atoms with Crippen molar-refractivity contribution in [2.45, 2.75) is 6.35 Å². The van der Waals surface area contributed by atoms with Gasteiger partial charge < -0.3 is 4.74 Å². The molecule has 1 unspecified atom stereocenters. The van der Waals surface area contributed by atoms with Gasteiger partial charge in [0.2, 0.25) is 6.35 Å². The fourth-order valence-electron chi connectivity index (χ4n) is 0.711. The quantitative estimate of drug-likeness (QED) is 0.477. The molecule has 1 atom stereocenters. The molecular weight excluding hydrogens is 104 g/mol. The number of aliphatic imine (C=N–C) groups is 1. The van der Waals surface area contributed by atoms with Crippen LogP contribution in [0.15, 0.2) is 4.99 Å². The Morgan fingerprint density at radius 1 is 1.88 bits per heavy atom. The van der Waals surface area contributed by atoms with Crippen molar-refractivity contribution in [3.8, 4) is 0 Å². The summed E-state index contributed by atoms with van der Waals surface area (Å²) in [6.07, 6.45) is 1.82. The van der Waals surface area contributed by atoms with Crippen molar-refractivity contribution in [2.75, 3.05) is 20.7 Å². The highest BCUT2D eigenvalue weighted by molar-refractivity contribution is 5.61. The lowest BCUT2D eigenvalue weighted by Crippen LogP contribution is -2.26. The fraction of sp³-hybridized carbons (Fsp3) is 0.800. The van der Waals surface area contributed by atoms with Crippen LogP contribution >= 0.6 is 0 Å². The summed E-state index contributed by atoms with van der Waals surface area (Å²) in [5.74, 6) is 0. The molecule has 3 nitrogen and oxygen atoms in total. The molecule has 1 heterocycles. The number of hydrogen-bond acceptors (Lipinski definition) is 3. The fourth-order valence-corrected chi connectivity index (χ4v) is 0.711. The van der Waals surface area contributed by atoms with Crippen LogP contribution in [-0.4, -0.2) is 38.2 Å². The van der Waals surface area contributed by atoms with Gasteiger partial charge in [0.25, 0.3) is 0 Å². The molecule has 0 aromatic heterocycles. The van der Waals surface area contributed by atoms with Crippen LogP contribution in [0.25, 0.3) is 0 Å². The molecule has 0 spiro atoms. The second kappa shape index (κ2) is 2.24. The molecule has 0 radical (unpaired) electrons. The Bertz CT molecular complexity index is 103. The van der Waals surface area contributed by atoms with E-state index in [4.69, 9.17) is 4.74 Å². The van der Waals surface area contributed by atoms with Crippen LogP contribution < -0.4 is 0 Å². The van der Waals surface area contributed by atoms with E-state index in [0.717, 1.165) is 6.54 Å². The minimum atomic E-state index is -0.0324. The van der Waals surface area contributed by atoms with Crippen LogP contribution in [0.2, 0.25) is 0 Å². The van der Waals surface area contributed by atoms with Gasteiger partial charge in [0.05, 0.1) is 0 Å². The summed E-state index contributed by atoms with van der Waals surface area (Å²) in [7, 11) is 3.63. The van der Waals surface area contributed by atoms with Crippen molar-refractivity contribution in [2.24, 2.45) is 4.99 Å². The highest BCUT2D eigenvalue weighted by atomic mass is 16.5. The molecule has 0 aromatic carbocycles. The minimum absolute atomic E-state index is 0.0324. The lowest BCUT2D eigenvalue weighted by molar-refractivity contribution is 0.00871. The van der Waals surface area contributed by atoms with Gasteiger partial charge in [0, 0.05) is 19.9 Å². The van der Waals surface area contributed by atoms with Crippen molar-refractivity contribution in [1.82, 2.24) is 4.90 Å². The lowest BCUT2D eigenvalue weighted by atomic mass is 10.7. The third kappa shape index (κ3) is 0.877. The first-order valence-electron chi connectivity index (χ1n) is 2.59. The Labute approximate surface area is 49.0 Å². The molecule has 0 amide bonds. The van der Waals surface area contributed by atoms with Gasteiger partial charge >= 0.3 is 0 Å². The molecule has 8 heavy (non-hydrogen) atoms. The van der Waals surface area contributed by atoms with Crippen LogP contribution in [0.4, 0.5) is 0 Å². The Morgan fingerprint density at radius 3 is 2.88 bits per heavy atom. The average Bonchev–Trinajstić information content (AvgIpc) is 2.14. The summed E-state index contributed by atoms with van der Waals surface area (Å²) in [4.78, 5) is 6.03. The van der Waals surface area contributed by atoms with Crippen molar-refractivity contribution in [3.05, 3.63) is 0 Å². The van der Waals surface area contributed by atoms with E-state index in [9.17, 15) is 0 Å². The van der Waals surface area contributed by atoms with Gasteiger partial charge in [-0.15, -0.1) is 0 Å². The van der Waals surface area contributed by atoms with Gasteiger partial charge in [-0.3, -0.25) is 9.89 Å². The normalized spacial score (nSPS) is 29.5. The Balaban J connectivity index is 2.41. The van der Waals surface area contributed by atoms with E-state index in [0.29, 0.717) is 0 Å². The maximum Gasteiger partial charge on any atom is 0.206 e. The highest BCUT2D eigenvalue weighted by Gasteiger charge is 2.13. The van der Waals surface area contributed by atoms with E-state index in [2.05, 4.69) is 4.99 Å². The second-order valence-electron chi connectivity index (χ2n) is 1.83. The standard InChI is InChI=1S/C5H10N2O/c1-7-4-3-6-5(7)8-2/h3,5H,4H2,1-2H3. The molecule has 1 rings (SSSR count).